The fourth-order valence-corrected chi connectivity index (χ4v) is 1.85. The van der Waals surface area contributed by atoms with Gasteiger partial charge in [0.2, 0.25) is 5.89 Å². The molecule has 0 unspecified atom stereocenters. The van der Waals surface area contributed by atoms with Crippen LogP contribution in [0.25, 0.3) is 0 Å². The predicted octanol–water partition coefficient (Wildman–Crippen LogP) is -0.441. The molecule has 2 N–H and O–H groups in total. The second-order valence-corrected chi connectivity index (χ2v) is 4.18. The van der Waals surface area contributed by atoms with Crippen LogP contribution < -0.4 is 0 Å². The molecule has 1 aromatic heterocycles. The molecule has 0 saturated carbocycles. The smallest absolute Gasteiger partial charge is 0.226 e. The van der Waals surface area contributed by atoms with Gasteiger partial charge in [0.15, 0.2) is 5.82 Å². The number of aliphatic hydroxyl groups is 2. The molecule has 1 aliphatic heterocycles. The van der Waals surface area contributed by atoms with Crippen LogP contribution in [0.2, 0.25) is 0 Å². The van der Waals surface area contributed by atoms with E-state index in [-0.39, 0.29) is 0 Å². The summed E-state index contributed by atoms with van der Waals surface area (Å²) in [7, 11) is 0. The second kappa shape index (κ2) is 4.90. The van der Waals surface area contributed by atoms with Gasteiger partial charge in [-0.25, -0.2) is 0 Å². The lowest BCUT2D eigenvalue weighted by atomic mass is 10.3. The van der Waals surface area contributed by atoms with Crippen LogP contribution in [0.15, 0.2) is 4.52 Å². The molecule has 2 heterocycles. The maximum Gasteiger partial charge on any atom is 0.226 e. The minimum Gasteiger partial charge on any atom is -0.389 e. The number of aliphatic hydroxyl groups excluding tert-OH is 2. The van der Waals surface area contributed by atoms with Crippen LogP contribution in [0.4, 0.5) is 0 Å². The zero-order valence-corrected chi connectivity index (χ0v) is 9.33. The normalized spacial score (nSPS) is 26.4. The lowest BCUT2D eigenvalue weighted by molar-refractivity contribution is 0.0572. The Hall–Kier alpha value is -0.980. The van der Waals surface area contributed by atoms with Gasteiger partial charge < -0.3 is 14.7 Å². The third kappa shape index (κ3) is 2.58. The predicted molar refractivity (Wildman–Crippen MR) is 55.6 cm³/mol. The highest BCUT2D eigenvalue weighted by molar-refractivity contribution is 4.90. The Balaban J connectivity index is 1.89. The molecule has 1 aliphatic rings. The van der Waals surface area contributed by atoms with Gasteiger partial charge in [-0.15, -0.1) is 0 Å². The first-order chi connectivity index (χ1) is 7.69. The Labute approximate surface area is 93.9 Å². The van der Waals surface area contributed by atoms with E-state index in [1.165, 1.54) is 0 Å². The molecule has 0 aromatic carbocycles. The number of β-amino-alcohol motifs (C(OH)–C–C–N with tert-alkyl or cyclic N) is 2. The van der Waals surface area contributed by atoms with Crippen LogP contribution in [-0.4, -0.2) is 50.6 Å². The highest BCUT2D eigenvalue weighted by atomic mass is 16.5. The number of aromatic nitrogens is 2. The van der Waals surface area contributed by atoms with Gasteiger partial charge in [0.05, 0.1) is 18.8 Å². The van der Waals surface area contributed by atoms with Crippen molar-refractivity contribution in [2.24, 2.45) is 0 Å². The van der Waals surface area contributed by atoms with Crippen LogP contribution in [0.3, 0.4) is 0 Å². The van der Waals surface area contributed by atoms with E-state index in [0.717, 1.165) is 12.8 Å². The summed E-state index contributed by atoms with van der Waals surface area (Å²) in [6, 6.07) is 0. The number of hydrogen-bond donors (Lipinski definition) is 2. The van der Waals surface area contributed by atoms with Gasteiger partial charge in [0, 0.05) is 19.5 Å². The third-order valence-electron chi connectivity index (χ3n) is 2.67. The molecule has 6 nitrogen and oxygen atoms in total. The van der Waals surface area contributed by atoms with Crippen molar-refractivity contribution < 1.29 is 14.7 Å². The zero-order chi connectivity index (χ0) is 11.5. The summed E-state index contributed by atoms with van der Waals surface area (Å²) in [6.07, 6.45) is 0.435. The Morgan fingerprint density at radius 3 is 2.69 bits per heavy atom. The molecule has 90 valence electrons. The van der Waals surface area contributed by atoms with E-state index in [0.29, 0.717) is 31.3 Å². The maximum absolute atomic E-state index is 9.38. The standard InChI is InChI=1S/C10H17N3O3/c1-2-3-10-11-9(12-16-10)6-13-4-7(14)8(15)5-13/h7-8,14-15H,2-6H2,1H3/t7-,8+. The molecule has 16 heavy (non-hydrogen) atoms. The SMILES string of the molecule is CCCc1nc(CN2C[C@@H](O)[C@@H](O)C2)no1. The van der Waals surface area contributed by atoms with Gasteiger partial charge in [-0.3, -0.25) is 4.90 Å². The fourth-order valence-electron chi connectivity index (χ4n) is 1.85. The van der Waals surface area contributed by atoms with Crippen LogP contribution >= 0.6 is 0 Å². The van der Waals surface area contributed by atoms with E-state index < -0.39 is 12.2 Å². The van der Waals surface area contributed by atoms with Crippen molar-refractivity contribution in [2.45, 2.75) is 38.5 Å². The molecule has 2 rings (SSSR count). The van der Waals surface area contributed by atoms with Gasteiger partial charge in [-0.1, -0.05) is 12.1 Å². The van der Waals surface area contributed by atoms with Crippen LogP contribution in [-0.2, 0) is 13.0 Å². The van der Waals surface area contributed by atoms with Gasteiger partial charge in [-0.2, -0.15) is 4.98 Å². The van der Waals surface area contributed by atoms with E-state index in [9.17, 15) is 10.2 Å². The first-order valence-electron chi connectivity index (χ1n) is 5.59. The fraction of sp³-hybridized carbons (Fsp3) is 0.800. The number of nitrogens with zero attached hydrogens (tertiary/aromatic N) is 3. The molecule has 0 radical (unpaired) electrons. The van der Waals surface area contributed by atoms with Gasteiger partial charge in [-0.05, 0) is 6.42 Å². The average Bonchev–Trinajstić information content (AvgIpc) is 2.77. The summed E-state index contributed by atoms with van der Waals surface area (Å²) in [4.78, 5) is 6.14. The summed E-state index contributed by atoms with van der Waals surface area (Å²) < 4.78 is 5.06. The minimum atomic E-state index is -0.665. The largest absolute Gasteiger partial charge is 0.389 e. The van der Waals surface area contributed by atoms with E-state index >= 15 is 0 Å². The van der Waals surface area contributed by atoms with Crippen molar-refractivity contribution in [1.82, 2.24) is 15.0 Å². The molecule has 0 amide bonds. The molecule has 0 aliphatic carbocycles. The molecule has 0 bridgehead atoms. The molecule has 6 heteroatoms. The summed E-state index contributed by atoms with van der Waals surface area (Å²) in [5.74, 6) is 1.27. The van der Waals surface area contributed by atoms with Crippen molar-refractivity contribution in [3.05, 3.63) is 11.7 Å². The summed E-state index contributed by atoms with van der Waals surface area (Å²) in [6.45, 7) is 3.48. The monoisotopic (exact) mass is 227 g/mol. The van der Waals surface area contributed by atoms with Crippen molar-refractivity contribution in [2.75, 3.05) is 13.1 Å². The lowest BCUT2D eigenvalue weighted by Crippen LogP contribution is -2.22. The number of hydrogen-bond acceptors (Lipinski definition) is 6. The van der Waals surface area contributed by atoms with E-state index in [4.69, 9.17) is 4.52 Å². The van der Waals surface area contributed by atoms with Crippen LogP contribution in [0.5, 0.6) is 0 Å². The van der Waals surface area contributed by atoms with Crippen molar-refractivity contribution in [3.63, 3.8) is 0 Å². The summed E-state index contributed by atoms with van der Waals surface area (Å²) in [5, 5.41) is 22.6. The minimum absolute atomic E-state index is 0.457. The van der Waals surface area contributed by atoms with Gasteiger partial charge >= 0.3 is 0 Å². The first kappa shape index (κ1) is 11.5. The van der Waals surface area contributed by atoms with Crippen LogP contribution in [0.1, 0.15) is 25.1 Å². The topological polar surface area (TPSA) is 82.6 Å². The van der Waals surface area contributed by atoms with E-state index in [1.807, 2.05) is 4.90 Å². The molecule has 1 aromatic rings. The van der Waals surface area contributed by atoms with E-state index in [1.54, 1.807) is 0 Å². The molecular formula is C10H17N3O3. The van der Waals surface area contributed by atoms with Gasteiger partial charge in [0.1, 0.15) is 0 Å². The molecular weight excluding hydrogens is 210 g/mol. The van der Waals surface area contributed by atoms with Crippen molar-refractivity contribution >= 4 is 0 Å². The summed E-state index contributed by atoms with van der Waals surface area (Å²) in [5.41, 5.74) is 0. The maximum atomic E-state index is 9.38. The van der Waals surface area contributed by atoms with Crippen molar-refractivity contribution in [1.29, 1.82) is 0 Å². The van der Waals surface area contributed by atoms with Crippen LogP contribution in [0, 0.1) is 0 Å². The quantitative estimate of drug-likeness (QED) is 0.725. The first-order valence-corrected chi connectivity index (χ1v) is 5.59. The molecule has 2 atom stereocenters. The highest BCUT2D eigenvalue weighted by Crippen LogP contribution is 2.12. The molecule has 1 saturated heterocycles. The van der Waals surface area contributed by atoms with E-state index in [2.05, 4.69) is 17.1 Å². The number of aryl methyl sites for hydroxylation is 1. The Kier molecular flexibility index (Phi) is 3.52. The highest BCUT2D eigenvalue weighted by Gasteiger charge is 2.30. The van der Waals surface area contributed by atoms with Crippen molar-refractivity contribution in [3.8, 4) is 0 Å². The molecule has 0 spiro atoms. The Bertz CT molecular complexity index is 332. The Morgan fingerprint density at radius 2 is 2.06 bits per heavy atom. The zero-order valence-electron chi connectivity index (χ0n) is 9.33. The Morgan fingerprint density at radius 1 is 1.38 bits per heavy atom. The number of rotatable bonds is 4. The average molecular weight is 227 g/mol. The molecule has 1 fully saturated rings. The second-order valence-electron chi connectivity index (χ2n) is 4.18. The van der Waals surface area contributed by atoms with Gasteiger partial charge in [0.25, 0.3) is 0 Å². The lowest BCUT2D eigenvalue weighted by Gasteiger charge is -2.10. The summed E-state index contributed by atoms with van der Waals surface area (Å²) >= 11 is 0. The third-order valence-corrected chi connectivity index (χ3v) is 2.67. The number of likely N-dealkylation sites (tertiary alicyclic amines) is 1.